The number of hydrogen-bond donors (Lipinski definition) is 1. The summed E-state index contributed by atoms with van der Waals surface area (Å²) in [4.78, 5) is 0. The Bertz CT molecular complexity index is 630. The quantitative estimate of drug-likeness (QED) is 0.652. The number of benzene rings is 2. The maximum Gasteiger partial charge on any atom is 0.123 e. The van der Waals surface area contributed by atoms with Crippen molar-refractivity contribution in [2.45, 2.75) is 13.3 Å². The van der Waals surface area contributed by atoms with E-state index in [1.54, 1.807) is 12.1 Å². The van der Waals surface area contributed by atoms with Crippen LogP contribution in [0.15, 0.2) is 42.5 Å². The van der Waals surface area contributed by atoms with Gasteiger partial charge in [0.25, 0.3) is 0 Å². The molecule has 0 radical (unpaired) electrons. The van der Waals surface area contributed by atoms with Crippen molar-refractivity contribution in [1.82, 2.24) is 0 Å². The average molecular weight is 282 g/mol. The van der Waals surface area contributed by atoms with Gasteiger partial charge in [-0.1, -0.05) is 6.07 Å². The van der Waals surface area contributed by atoms with E-state index in [4.69, 9.17) is 20.5 Å². The van der Waals surface area contributed by atoms with Crippen molar-refractivity contribution >= 4 is 5.69 Å². The minimum atomic E-state index is 0.546. The number of aryl methyl sites for hydroxylation is 1. The van der Waals surface area contributed by atoms with E-state index in [1.807, 2.05) is 37.3 Å². The summed E-state index contributed by atoms with van der Waals surface area (Å²) in [6.07, 6.45) is 0.764. The molecule has 4 heteroatoms. The molecule has 0 saturated carbocycles. The number of hydrogen-bond acceptors (Lipinski definition) is 4. The molecule has 4 nitrogen and oxygen atoms in total. The van der Waals surface area contributed by atoms with Crippen molar-refractivity contribution in [2.75, 3.05) is 18.9 Å². The number of anilines is 1. The van der Waals surface area contributed by atoms with E-state index in [9.17, 15) is 0 Å². The Labute approximate surface area is 124 Å². The summed E-state index contributed by atoms with van der Waals surface area (Å²) in [5, 5.41) is 8.87. The first-order chi connectivity index (χ1) is 10.2. The van der Waals surface area contributed by atoms with Crippen molar-refractivity contribution in [3.63, 3.8) is 0 Å². The molecule has 0 fully saturated rings. The third-order valence-electron chi connectivity index (χ3n) is 3.01. The van der Waals surface area contributed by atoms with E-state index in [1.165, 1.54) is 0 Å². The van der Waals surface area contributed by atoms with Gasteiger partial charge >= 0.3 is 0 Å². The van der Waals surface area contributed by atoms with E-state index < -0.39 is 0 Å². The standard InChI is InChI=1S/C17H18N2O2/c1-13-3-4-14(12-18)11-17(13)21-10-2-9-20-16-7-5-15(19)6-8-16/h3-8,11H,2,9-10,19H2,1H3. The van der Waals surface area contributed by atoms with Gasteiger partial charge in [-0.15, -0.1) is 0 Å². The van der Waals surface area contributed by atoms with Crippen LogP contribution in [0.4, 0.5) is 5.69 Å². The monoisotopic (exact) mass is 282 g/mol. The van der Waals surface area contributed by atoms with Crippen LogP contribution >= 0.6 is 0 Å². The molecule has 0 aliphatic rings. The minimum Gasteiger partial charge on any atom is -0.493 e. The second-order valence-electron chi connectivity index (χ2n) is 4.71. The molecular formula is C17H18N2O2. The third kappa shape index (κ3) is 4.43. The zero-order valence-electron chi connectivity index (χ0n) is 12.0. The van der Waals surface area contributed by atoms with Crippen LogP contribution in [-0.2, 0) is 0 Å². The molecule has 2 rings (SSSR count). The van der Waals surface area contributed by atoms with Crippen molar-refractivity contribution < 1.29 is 9.47 Å². The van der Waals surface area contributed by atoms with Gasteiger partial charge in [-0.2, -0.15) is 5.26 Å². The lowest BCUT2D eigenvalue weighted by molar-refractivity contribution is 0.246. The summed E-state index contributed by atoms with van der Waals surface area (Å²) >= 11 is 0. The molecule has 0 atom stereocenters. The first-order valence-corrected chi connectivity index (χ1v) is 6.81. The van der Waals surface area contributed by atoms with Crippen molar-refractivity contribution in [1.29, 1.82) is 5.26 Å². The molecule has 108 valence electrons. The number of nitriles is 1. The van der Waals surface area contributed by atoms with Crippen LogP contribution in [0.5, 0.6) is 11.5 Å². The molecule has 0 heterocycles. The number of rotatable bonds is 6. The second kappa shape index (κ2) is 7.20. The highest BCUT2D eigenvalue weighted by Crippen LogP contribution is 2.19. The van der Waals surface area contributed by atoms with Gasteiger partial charge in [-0.25, -0.2) is 0 Å². The fraction of sp³-hybridized carbons (Fsp3) is 0.235. The molecule has 2 aromatic carbocycles. The molecule has 0 amide bonds. The van der Waals surface area contributed by atoms with Gasteiger partial charge in [0.2, 0.25) is 0 Å². The number of ether oxygens (including phenoxy) is 2. The Balaban J connectivity index is 1.75. The van der Waals surface area contributed by atoms with Crippen LogP contribution in [0, 0.1) is 18.3 Å². The predicted molar refractivity (Wildman–Crippen MR) is 82.4 cm³/mol. The summed E-state index contributed by atoms with van der Waals surface area (Å²) in [5.74, 6) is 1.55. The van der Waals surface area contributed by atoms with Crippen molar-refractivity contribution in [3.8, 4) is 17.6 Å². The zero-order valence-corrected chi connectivity index (χ0v) is 12.0. The number of nitrogens with two attached hydrogens (primary N) is 1. The Kier molecular flexibility index (Phi) is 5.05. The Morgan fingerprint density at radius 1 is 1.05 bits per heavy atom. The SMILES string of the molecule is Cc1ccc(C#N)cc1OCCCOc1ccc(N)cc1. The molecule has 0 unspecified atom stereocenters. The molecule has 0 bridgehead atoms. The highest BCUT2D eigenvalue weighted by molar-refractivity contribution is 5.42. The van der Waals surface area contributed by atoms with Crippen molar-refractivity contribution in [3.05, 3.63) is 53.6 Å². The smallest absolute Gasteiger partial charge is 0.123 e. The van der Waals surface area contributed by atoms with Gasteiger partial charge in [-0.3, -0.25) is 0 Å². The summed E-state index contributed by atoms with van der Waals surface area (Å²) < 4.78 is 11.3. The first kappa shape index (κ1) is 14.7. The van der Waals surface area contributed by atoms with Gasteiger partial charge in [0.05, 0.1) is 24.8 Å². The van der Waals surface area contributed by atoms with Gasteiger partial charge < -0.3 is 15.2 Å². The maximum atomic E-state index is 8.87. The van der Waals surface area contributed by atoms with E-state index in [0.717, 1.165) is 29.2 Å². The van der Waals surface area contributed by atoms with Crippen LogP contribution in [-0.4, -0.2) is 13.2 Å². The third-order valence-corrected chi connectivity index (χ3v) is 3.01. The summed E-state index contributed by atoms with van der Waals surface area (Å²) in [7, 11) is 0. The Hall–Kier alpha value is -2.67. The van der Waals surface area contributed by atoms with Crippen LogP contribution in [0.25, 0.3) is 0 Å². The van der Waals surface area contributed by atoms with Gasteiger partial charge in [0.15, 0.2) is 0 Å². The zero-order chi connectivity index (χ0) is 15.1. The van der Waals surface area contributed by atoms with E-state index in [2.05, 4.69) is 6.07 Å². The van der Waals surface area contributed by atoms with Gasteiger partial charge in [0, 0.05) is 12.1 Å². The number of nitrogen functional groups attached to an aromatic ring is 1. The molecule has 0 aromatic heterocycles. The summed E-state index contributed by atoms with van der Waals surface area (Å²) in [6, 6.07) is 14.8. The van der Waals surface area contributed by atoms with E-state index >= 15 is 0 Å². The lowest BCUT2D eigenvalue weighted by Gasteiger charge is -2.10. The molecule has 0 saturated heterocycles. The topological polar surface area (TPSA) is 68.3 Å². The van der Waals surface area contributed by atoms with E-state index in [0.29, 0.717) is 18.8 Å². The lowest BCUT2D eigenvalue weighted by Crippen LogP contribution is -2.05. The molecular weight excluding hydrogens is 264 g/mol. The average Bonchev–Trinajstić information content (AvgIpc) is 2.50. The maximum absolute atomic E-state index is 8.87. The fourth-order valence-electron chi connectivity index (χ4n) is 1.82. The van der Waals surface area contributed by atoms with Crippen LogP contribution in [0.1, 0.15) is 17.5 Å². The lowest BCUT2D eigenvalue weighted by atomic mass is 10.1. The minimum absolute atomic E-state index is 0.546. The summed E-state index contributed by atoms with van der Waals surface area (Å²) in [5.41, 5.74) is 7.95. The largest absolute Gasteiger partial charge is 0.493 e. The first-order valence-electron chi connectivity index (χ1n) is 6.81. The normalized spacial score (nSPS) is 9.90. The Morgan fingerprint density at radius 2 is 1.76 bits per heavy atom. The highest BCUT2D eigenvalue weighted by Gasteiger charge is 2.01. The van der Waals surface area contributed by atoms with Crippen LogP contribution < -0.4 is 15.2 Å². The summed E-state index contributed by atoms with van der Waals surface area (Å²) in [6.45, 7) is 3.08. The molecule has 21 heavy (non-hydrogen) atoms. The van der Waals surface area contributed by atoms with E-state index in [-0.39, 0.29) is 0 Å². The molecule has 2 aromatic rings. The second-order valence-corrected chi connectivity index (χ2v) is 4.71. The van der Waals surface area contributed by atoms with Crippen LogP contribution in [0.3, 0.4) is 0 Å². The Morgan fingerprint density at radius 3 is 2.48 bits per heavy atom. The molecule has 0 aliphatic heterocycles. The number of nitrogens with zero attached hydrogens (tertiary/aromatic N) is 1. The highest BCUT2D eigenvalue weighted by atomic mass is 16.5. The van der Waals surface area contributed by atoms with Crippen molar-refractivity contribution in [2.24, 2.45) is 0 Å². The van der Waals surface area contributed by atoms with Gasteiger partial charge in [-0.05, 0) is 48.9 Å². The molecule has 0 spiro atoms. The predicted octanol–water partition coefficient (Wildman–Crippen LogP) is 3.30. The molecule has 2 N–H and O–H groups in total. The molecule has 0 aliphatic carbocycles. The van der Waals surface area contributed by atoms with Crippen LogP contribution in [0.2, 0.25) is 0 Å². The fourth-order valence-corrected chi connectivity index (χ4v) is 1.82. The van der Waals surface area contributed by atoms with Gasteiger partial charge in [0.1, 0.15) is 11.5 Å².